The summed E-state index contributed by atoms with van der Waals surface area (Å²) in [6.07, 6.45) is -17.9. The van der Waals surface area contributed by atoms with Crippen LogP contribution in [0.4, 0.5) is 62.3 Å². The van der Waals surface area contributed by atoms with Gasteiger partial charge in [-0.3, -0.25) is 14.6 Å². The summed E-state index contributed by atoms with van der Waals surface area (Å²) in [5, 5.41) is 26.0. The van der Waals surface area contributed by atoms with Crippen LogP contribution in [-0.4, -0.2) is 89.5 Å². The number of benzene rings is 6. The number of alkyl halides is 12. The highest BCUT2D eigenvalue weighted by atomic mass is 19.4. The van der Waals surface area contributed by atoms with Gasteiger partial charge in [0.2, 0.25) is 0 Å². The van der Waals surface area contributed by atoms with Gasteiger partial charge in [-0.1, -0.05) is 121 Å². The average Bonchev–Trinajstić information content (AvgIpc) is 0.909. The van der Waals surface area contributed by atoms with Crippen LogP contribution in [-0.2, 0) is 79.1 Å². The van der Waals surface area contributed by atoms with E-state index in [0.29, 0.717) is 46.5 Å². The fraction of sp³-hybridized carbons (Fsp3) is 0.348. The number of hydrogen-bond acceptors (Lipinski definition) is 11. The lowest BCUT2D eigenvalue weighted by Crippen LogP contribution is -2.63. The Hall–Kier alpha value is -9.33. The third kappa shape index (κ3) is 15.5. The lowest BCUT2D eigenvalue weighted by atomic mass is 9.74. The number of halogens is 12. The molecular weight excluding hydrogens is 1260 g/mol. The van der Waals surface area contributed by atoms with E-state index < -0.39 is 100 Å². The van der Waals surface area contributed by atoms with Crippen molar-refractivity contribution in [2.45, 2.75) is 112 Å². The monoisotopic (exact) mass is 1320 g/mol. The Bertz CT molecular complexity index is 3780. The van der Waals surface area contributed by atoms with Gasteiger partial charge in [0.05, 0.1) is 83.9 Å². The van der Waals surface area contributed by atoms with Gasteiger partial charge in [0, 0.05) is 0 Å². The van der Waals surface area contributed by atoms with Gasteiger partial charge in [0.1, 0.15) is 45.1 Å². The number of aliphatic hydroxyl groups excluding tert-OH is 1. The van der Waals surface area contributed by atoms with Crippen LogP contribution in [0.5, 0.6) is 0 Å². The van der Waals surface area contributed by atoms with Crippen molar-refractivity contribution in [1.29, 1.82) is 0 Å². The number of aliphatic hydroxyl groups is 1. The molecule has 4 heterocycles. The average molecular weight is 1320 g/mol. The standard InChI is InChI=1S/C33H29F6N5O3.C33H32F6N4O4/c1-23(25-15-27(32(34,35)36)17-28(16-25)33(37,38)39)47-20-30(26-11-7-4-8-12-26)13-14-31(40-2,43-21-41-42-22-43)19-44(30)29(45)46-18-24-9-5-3-6-10-24;1-23(25-14-27(32(34,35)36)16-28(15-25)33(37,38)39)47-20-31(26-10-6-3-7-11-26)13-12-30(19-44,42-21-40-41-22-42)18-43(31)29(45)46-17-24-8-4-2-5-9-24/h3-12,15-17,21-23H,13-14,18-20H2,1H3;2-11,14-16,21-23,44H,12-13,17-20H2,1H3/t2*23-,30-,31-/m11/s1. The first-order valence-electron chi connectivity index (χ1n) is 29.1. The van der Waals surface area contributed by atoms with Gasteiger partial charge < -0.3 is 28.6 Å². The van der Waals surface area contributed by atoms with Gasteiger partial charge in [0.15, 0.2) is 0 Å². The Labute approximate surface area is 531 Å². The van der Waals surface area contributed by atoms with Crippen LogP contribution in [0.1, 0.15) is 107 Å². The second-order valence-corrected chi connectivity index (χ2v) is 22.8. The van der Waals surface area contributed by atoms with Crippen LogP contribution >= 0.6 is 0 Å². The molecule has 0 saturated carbocycles. The molecule has 496 valence electrons. The zero-order valence-corrected chi connectivity index (χ0v) is 50.2. The SMILES string of the molecule is C[C@@H](OC[C@@]1(c2ccccc2)CC[C@@](CO)(n2cnnc2)CN1C(=O)OCc1ccccc1)c1cc(C(F)(F)F)cc(C(F)(F)F)c1.[C-]#[N+][C@@]1(n2cnnc2)CC[C@@](CO[C@H](C)c2cc(C(F)(F)F)cc(C(F)(F)F)c2)(c2ccccc2)N(C(=O)OCc2ccccc2)C1. The van der Waals surface area contributed by atoms with Gasteiger partial charge >= 0.3 is 42.6 Å². The summed E-state index contributed by atoms with van der Waals surface area (Å²) in [5.41, 5.74) is -8.96. The molecule has 2 fully saturated rings. The summed E-state index contributed by atoms with van der Waals surface area (Å²) in [4.78, 5) is 34.7. The Morgan fingerprint density at radius 3 is 1.19 bits per heavy atom. The molecule has 0 spiro atoms. The molecule has 94 heavy (non-hydrogen) atoms. The second-order valence-electron chi connectivity index (χ2n) is 22.8. The molecule has 0 unspecified atom stereocenters. The molecule has 2 aromatic heterocycles. The van der Waals surface area contributed by atoms with Crippen LogP contribution in [0.2, 0.25) is 0 Å². The predicted octanol–water partition coefficient (Wildman–Crippen LogP) is 15.1. The minimum absolute atomic E-state index is 0.0577. The lowest BCUT2D eigenvalue weighted by Gasteiger charge is -2.53. The molecule has 0 radical (unpaired) electrons. The Morgan fingerprint density at radius 2 is 0.840 bits per heavy atom. The largest absolute Gasteiger partial charge is 0.445 e. The van der Waals surface area contributed by atoms with Gasteiger partial charge in [-0.2, -0.15) is 52.7 Å². The molecule has 0 bridgehead atoms. The summed E-state index contributed by atoms with van der Waals surface area (Å²) >= 11 is 0. The minimum Gasteiger partial charge on any atom is -0.445 e. The van der Waals surface area contributed by atoms with E-state index in [0.717, 1.165) is 0 Å². The Kier molecular flexibility index (Phi) is 20.6. The third-order valence-electron chi connectivity index (χ3n) is 17.0. The highest BCUT2D eigenvalue weighted by Crippen LogP contribution is 2.49. The van der Waals surface area contributed by atoms with Crippen molar-refractivity contribution >= 4 is 12.2 Å². The molecule has 1 N–H and O–H groups in total. The van der Waals surface area contributed by atoms with Gasteiger partial charge in [-0.15, -0.1) is 20.4 Å². The van der Waals surface area contributed by atoms with E-state index in [2.05, 4.69) is 25.2 Å². The van der Waals surface area contributed by atoms with E-state index in [9.17, 15) is 67.4 Å². The van der Waals surface area contributed by atoms with Crippen molar-refractivity contribution in [3.8, 4) is 0 Å². The van der Waals surface area contributed by atoms with Crippen molar-refractivity contribution in [2.24, 2.45) is 0 Å². The first kappa shape index (κ1) is 69.0. The number of nitrogens with zero attached hydrogens (tertiary/aromatic N) is 9. The first-order valence-corrected chi connectivity index (χ1v) is 29.1. The number of carbonyl (C=O) groups excluding carboxylic acids is 2. The molecule has 6 aromatic carbocycles. The number of aromatic nitrogens is 6. The highest BCUT2D eigenvalue weighted by molar-refractivity contribution is 5.71. The number of rotatable bonds is 17. The van der Waals surface area contributed by atoms with Crippen molar-refractivity contribution in [2.75, 3.05) is 32.9 Å². The van der Waals surface area contributed by atoms with Gasteiger partial charge in [-0.05, 0) is 103 Å². The minimum atomic E-state index is -5.03. The molecule has 2 amide bonds. The van der Waals surface area contributed by atoms with Gasteiger partial charge in [0.25, 0.3) is 0 Å². The highest BCUT2D eigenvalue weighted by Gasteiger charge is 2.57. The Balaban J connectivity index is 0.000000221. The maximum Gasteiger partial charge on any atom is 0.416 e. The molecule has 10 rings (SSSR count). The van der Waals surface area contributed by atoms with Crippen molar-refractivity contribution < 1.29 is 86.3 Å². The smallest absolute Gasteiger partial charge is 0.416 e. The van der Waals surface area contributed by atoms with Crippen LogP contribution in [0.15, 0.2) is 183 Å². The van der Waals surface area contributed by atoms with Gasteiger partial charge in [-0.25, -0.2) is 20.7 Å². The molecule has 2 aliphatic heterocycles. The fourth-order valence-electron chi connectivity index (χ4n) is 11.5. The molecule has 0 aliphatic carbocycles. The van der Waals surface area contributed by atoms with Crippen molar-refractivity contribution in [1.82, 2.24) is 39.3 Å². The summed E-state index contributed by atoms with van der Waals surface area (Å²) in [7, 11) is 0. The van der Waals surface area contributed by atoms with E-state index in [1.807, 2.05) is 6.07 Å². The van der Waals surface area contributed by atoms with Crippen molar-refractivity contribution in [3.63, 3.8) is 0 Å². The van der Waals surface area contributed by atoms with E-state index in [-0.39, 0.29) is 88.5 Å². The van der Waals surface area contributed by atoms with E-state index in [1.54, 1.807) is 120 Å². The second kappa shape index (κ2) is 28.1. The molecule has 28 heteroatoms. The number of likely N-dealkylation sites (tertiary alicyclic amines) is 2. The normalized spacial score (nSPS) is 20.9. The number of hydrogen-bond donors (Lipinski definition) is 1. The lowest BCUT2D eigenvalue weighted by molar-refractivity contribution is -0.145. The third-order valence-corrected chi connectivity index (χ3v) is 17.0. The summed E-state index contributed by atoms with van der Waals surface area (Å²) in [6, 6.07) is 37.9. The molecule has 6 atom stereocenters. The summed E-state index contributed by atoms with van der Waals surface area (Å²) in [6.45, 7) is 9.23. The predicted molar refractivity (Wildman–Crippen MR) is 313 cm³/mol. The quantitative estimate of drug-likeness (QED) is 0.0682. The number of piperidine rings is 2. The van der Waals surface area contributed by atoms with Crippen LogP contribution in [0.3, 0.4) is 0 Å². The molecular formula is C66H61F12N9O7. The van der Waals surface area contributed by atoms with Crippen molar-refractivity contribution in [3.05, 3.63) is 250 Å². The molecule has 8 aromatic rings. The number of amides is 2. The van der Waals surface area contributed by atoms with E-state index in [4.69, 9.17) is 25.5 Å². The molecule has 2 saturated heterocycles. The summed E-state index contributed by atoms with van der Waals surface area (Å²) < 4.78 is 190. The Morgan fingerprint density at radius 1 is 0.500 bits per heavy atom. The number of ether oxygens (including phenoxy) is 4. The maximum absolute atomic E-state index is 14.0. The molecule has 2 aliphatic rings. The number of carbonyl (C=O) groups is 2. The molecule has 16 nitrogen and oxygen atoms in total. The first-order chi connectivity index (χ1) is 44.5. The van der Waals surface area contributed by atoms with Crippen LogP contribution in [0.25, 0.3) is 4.85 Å². The fourth-order valence-corrected chi connectivity index (χ4v) is 11.5. The summed E-state index contributed by atoms with van der Waals surface area (Å²) in [5.74, 6) is 0. The zero-order valence-electron chi connectivity index (χ0n) is 50.2. The topological polar surface area (TPSA) is 164 Å². The van der Waals surface area contributed by atoms with E-state index >= 15 is 0 Å². The zero-order chi connectivity index (χ0) is 67.7. The van der Waals surface area contributed by atoms with Crippen LogP contribution in [0, 0.1) is 6.57 Å². The van der Waals surface area contributed by atoms with Crippen LogP contribution < -0.4 is 0 Å². The maximum atomic E-state index is 14.0. The van der Waals surface area contributed by atoms with E-state index in [1.165, 1.54) is 53.5 Å².